The van der Waals surface area contributed by atoms with Gasteiger partial charge in [0.05, 0.1) is 3.79 Å². The Hall–Kier alpha value is 0.1000. The molecule has 1 aromatic heterocycles. The van der Waals surface area contributed by atoms with Crippen LogP contribution in [0, 0.1) is 0 Å². The van der Waals surface area contributed by atoms with E-state index < -0.39 is 0 Å². The summed E-state index contributed by atoms with van der Waals surface area (Å²) >= 11 is 5.45. The van der Waals surface area contributed by atoms with Crippen LogP contribution in [0.15, 0.2) is 15.9 Å². The molecule has 0 amide bonds. The monoisotopic (exact) mass is 342 g/mol. The van der Waals surface area contributed by atoms with E-state index in [1.807, 2.05) is 11.3 Å². The molecule has 2 aliphatic rings. The van der Waals surface area contributed by atoms with Gasteiger partial charge in [-0.15, -0.1) is 11.3 Å². The van der Waals surface area contributed by atoms with Crippen LogP contribution in [0.2, 0.25) is 0 Å². The second kappa shape index (κ2) is 5.84. The van der Waals surface area contributed by atoms with Gasteiger partial charge in [0.25, 0.3) is 0 Å². The number of thiophene rings is 1. The van der Waals surface area contributed by atoms with Crippen molar-refractivity contribution >= 4 is 27.3 Å². The molecule has 106 valence electrons. The molecule has 1 atom stereocenters. The van der Waals surface area contributed by atoms with Gasteiger partial charge in [-0.3, -0.25) is 4.90 Å². The van der Waals surface area contributed by atoms with Crippen molar-refractivity contribution in [3.63, 3.8) is 0 Å². The predicted molar refractivity (Wildman–Crippen MR) is 85.7 cm³/mol. The highest BCUT2D eigenvalue weighted by Gasteiger charge is 2.38. The topological polar surface area (TPSA) is 15.3 Å². The molecule has 0 aromatic carbocycles. The number of nitrogens with one attached hydrogen (secondary N) is 1. The van der Waals surface area contributed by atoms with Gasteiger partial charge in [0, 0.05) is 29.5 Å². The Morgan fingerprint density at radius 2 is 2.21 bits per heavy atom. The van der Waals surface area contributed by atoms with Gasteiger partial charge in [0.2, 0.25) is 0 Å². The summed E-state index contributed by atoms with van der Waals surface area (Å²) in [6.45, 7) is 5.91. The van der Waals surface area contributed by atoms with E-state index in [9.17, 15) is 0 Å². The quantitative estimate of drug-likeness (QED) is 0.873. The van der Waals surface area contributed by atoms with Crippen LogP contribution in [0.4, 0.5) is 0 Å². The molecule has 2 fully saturated rings. The lowest BCUT2D eigenvalue weighted by Crippen LogP contribution is -2.49. The fraction of sp³-hybridized carbons (Fsp3) is 0.733. The first-order chi connectivity index (χ1) is 9.17. The molecule has 1 unspecified atom stereocenters. The second-order valence-electron chi connectivity index (χ2n) is 6.16. The first-order valence-electron chi connectivity index (χ1n) is 7.40. The molecule has 1 N–H and O–H groups in total. The van der Waals surface area contributed by atoms with E-state index >= 15 is 0 Å². The molecule has 1 spiro atoms. The highest BCUT2D eigenvalue weighted by Crippen LogP contribution is 2.34. The molecule has 2 heterocycles. The third kappa shape index (κ3) is 3.23. The van der Waals surface area contributed by atoms with Gasteiger partial charge >= 0.3 is 0 Å². The summed E-state index contributed by atoms with van der Waals surface area (Å²) in [5, 5.41) is 3.86. The molecule has 0 bridgehead atoms. The maximum atomic E-state index is 3.86. The Labute approximate surface area is 128 Å². The van der Waals surface area contributed by atoms with E-state index in [4.69, 9.17) is 0 Å². The summed E-state index contributed by atoms with van der Waals surface area (Å²) < 4.78 is 1.25. The zero-order chi connectivity index (χ0) is 13.3. The van der Waals surface area contributed by atoms with Gasteiger partial charge in [-0.25, -0.2) is 0 Å². The third-order valence-electron chi connectivity index (χ3n) is 4.74. The van der Waals surface area contributed by atoms with Gasteiger partial charge in [-0.1, -0.05) is 12.8 Å². The molecule has 0 radical (unpaired) electrons. The molecular weight excluding hydrogens is 320 g/mol. The first kappa shape index (κ1) is 14.1. The number of hydrogen-bond acceptors (Lipinski definition) is 3. The van der Waals surface area contributed by atoms with Crippen molar-refractivity contribution in [1.29, 1.82) is 0 Å². The summed E-state index contributed by atoms with van der Waals surface area (Å²) in [7, 11) is 0. The molecule has 1 aliphatic heterocycles. The van der Waals surface area contributed by atoms with E-state index in [2.05, 4.69) is 45.2 Å². The molecule has 2 nitrogen and oxygen atoms in total. The normalized spacial score (nSPS) is 27.8. The summed E-state index contributed by atoms with van der Waals surface area (Å²) in [5.41, 5.74) is 0.416. The number of halogens is 1. The van der Waals surface area contributed by atoms with E-state index in [1.165, 1.54) is 53.9 Å². The predicted octanol–water partition coefficient (Wildman–Crippen LogP) is 4.01. The smallest absolute Gasteiger partial charge is 0.0701 e. The molecule has 1 aromatic rings. The van der Waals surface area contributed by atoms with Crippen molar-refractivity contribution in [3.05, 3.63) is 20.8 Å². The lowest BCUT2D eigenvalue weighted by molar-refractivity contribution is 0.161. The van der Waals surface area contributed by atoms with Crippen LogP contribution in [-0.4, -0.2) is 29.6 Å². The van der Waals surface area contributed by atoms with Crippen LogP contribution in [0.25, 0.3) is 0 Å². The van der Waals surface area contributed by atoms with Crippen LogP contribution in [0.1, 0.15) is 43.9 Å². The van der Waals surface area contributed by atoms with E-state index in [0.29, 0.717) is 11.6 Å². The lowest BCUT2D eigenvalue weighted by atomic mass is 9.97. The Bertz CT molecular complexity index is 426. The molecular formula is C15H23BrN2S. The molecule has 4 heteroatoms. The highest BCUT2D eigenvalue weighted by atomic mass is 79.9. The van der Waals surface area contributed by atoms with Gasteiger partial charge in [0.1, 0.15) is 0 Å². The summed E-state index contributed by atoms with van der Waals surface area (Å²) in [4.78, 5) is 4.18. The number of nitrogens with zero attached hydrogens (tertiary/aromatic N) is 1. The van der Waals surface area contributed by atoms with Crippen molar-refractivity contribution in [2.24, 2.45) is 0 Å². The average Bonchev–Trinajstić information content (AvgIpc) is 2.95. The van der Waals surface area contributed by atoms with Gasteiger partial charge in [0.15, 0.2) is 0 Å². The van der Waals surface area contributed by atoms with Crippen LogP contribution in [0.5, 0.6) is 0 Å². The highest BCUT2D eigenvalue weighted by molar-refractivity contribution is 9.11. The molecule has 19 heavy (non-hydrogen) atoms. The van der Waals surface area contributed by atoms with Crippen molar-refractivity contribution in [1.82, 2.24) is 10.2 Å². The molecule has 1 aliphatic carbocycles. The molecule has 3 rings (SSSR count). The van der Waals surface area contributed by atoms with Crippen LogP contribution in [0.3, 0.4) is 0 Å². The fourth-order valence-electron chi connectivity index (χ4n) is 3.56. The van der Waals surface area contributed by atoms with Crippen molar-refractivity contribution in [2.75, 3.05) is 13.1 Å². The number of hydrogen-bond donors (Lipinski definition) is 1. The van der Waals surface area contributed by atoms with Crippen molar-refractivity contribution in [2.45, 2.75) is 57.2 Å². The fourth-order valence-corrected chi connectivity index (χ4v) is 5.07. The van der Waals surface area contributed by atoms with E-state index in [0.717, 1.165) is 6.54 Å². The SMILES string of the molecule is CC1CCNC2(CCCC2)CN1Cc1ccc(Br)s1. The molecule has 1 saturated carbocycles. The van der Waals surface area contributed by atoms with Crippen molar-refractivity contribution in [3.8, 4) is 0 Å². The van der Waals surface area contributed by atoms with Crippen LogP contribution >= 0.6 is 27.3 Å². The Balaban J connectivity index is 1.73. The van der Waals surface area contributed by atoms with Crippen LogP contribution < -0.4 is 5.32 Å². The third-order valence-corrected chi connectivity index (χ3v) is 6.35. The summed E-state index contributed by atoms with van der Waals surface area (Å²) in [5.74, 6) is 0. The minimum atomic E-state index is 0.416. The molecule has 1 saturated heterocycles. The maximum absolute atomic E-state index is 3.86. The largest absolute Gasteiger partial charge is 0.310 e. The first-order valence-corrected chi connectivity index (χ1v) is 9.01. The number of rotatable bonds is 2. The van der Waals surface area contributed by atoms with Gasteiger partial charge in [-0.05, 0) is 60.8 Å². The summed E-state index contributed by atoms with van der Waals surface area (Å²) in [6, 6.07) is 5.13. The maximum Gasteiger partial charge on any atom is 0.0701 e. The van der Waals surface area contributed by atoms with Crippen molar-refractivity contribution < 1.29 is 0 Å². The Morgan fingerprint density at radius 3 is 2.89 bits per heavy atom. The van der Waals surface area contributed by atoms with E-state index in [1.54, 1.807) is 0 Å². The van der Waals surface area contributed by atoms with E-state index in [-0.39, 0.29) is 0 Å². The zero-order valence-corrected chi connectivity index (χ0v) is 14.0. The minimum Gasteiger partial charge on any atom is -0.310 e. The zero-order valence-electron chi connectivity index (χ0n) is 11.6. The standard InChI is InChI=1S/C15H23BrN2S/c1-12-6-9-17-15(7-2-3-8-15)11-18(12)10-13-4-5-14(16)19-13/h4-5,12,17H,2-3,6-11H2,1H3. The Morgan fingerprint density at radius 1 is 1.42 bits per heavy atom. The average molecular weight is 343 g/mol. The van der Waals surface area contributed by atoms with Gasteiger partial charge < -0.3 is 5.32 Å². The van der Waals surface area contributed by atoms with Gasteiger partial charge in [-0.2, -0.15) is 0 Å². The Kier molecular flexibility index (Phi) is 4.32. The summed E-state index contributed by atoms with van der Waals surface area (Å²) in [6.07, 6.45) is 6.81. The minimum absolute atomic E-state index is 0.416. The lowest BCUT2D eigenvalue weighted by Gasteiger charge is -2.35. The van der Waals surface area contributed by atoms with Crippen LogP contribution in [-0.2, 0) is 6.54 Å². The second-order valence-corrected chi connectivity index (χ2v) is 8.71.